The van der Waals surface area contributed by atoms with Crippen molar-refractivity contribution in [2.45, 2.75) is 45.7 Å². The molecule has 1 aliphatic rings. The molecule has 0 radical (unpaired) electrons. The van der Waals surface area contributed by atoms with Gasteiger partial charge in [-0.05, 0) is 49.6 Å². The number of nitrogens with zero attached hydrogens (tertiary/aromatic N) is 2. The summed E-state index contributed by atoms with van der Waals surface area (Å²) in [6, 6.07) is 11.0. The summed E-state index contributed by atoms with van der Waals surface area (Å²) in [6.45, 7) is 4.42. The van der Waals surface area contributed by atoms with Gasteiger partial charge in [0, 0.05) is 26.1 Å². The number of hydrogen-bond acceptors (Lipinski definition) is 4. The SMILES string of the molecule is CCCNC(=O)[C@@H](C)N(Cc1ccc(Cl)c(Cl)c1)C(=O)CCCN1C(=O)c2ccccc2C1=O. The number of hydrogen-bond donors (Lipinski definition) is 1. The zero-order valence-electron chi connectivity index (χ0n) is 19.1. The van der Waals surface area contributed by atoms with Gasteiger partial charge in [-0.3, -0.25) is 24.1 Å². The summed E-state index contributed by atoms with van der Waals surface area (Å²) in [7, 11) is 0. The molecular formula is C25H27Cl2N3O4. The summed E-state index contributed by atoms with van der Waals surface area (Å²) < 4.78 is 0. The lowest BCUT2D eigenvalue weighted by molar-refractivity contribution is -0.140. The van der Waals surface area contributed by atoms with Gasteiger partial charge in [0.2, 0.25) is 11.8 Å². The van der Waals surface area contributed by atoms with Crippen LogP contribution in [0.15, 0.2) is 42.5 Å². The number of imide groups is 1. The van der Waals surface area contributed by atoms with Gasteiger partial charge in [0.25, 0.3) is 11.8 Å². The van der Waals surface area contributed by atoms with Crippen LogP contribution in [0.5, 0.6) is 0 Å². The minimum absolute atomic E-state index is 0.0696. The van der Waals surface area contributed by atoms with Crippen molar-refractivity contribution in [3.63, 3.8) is 0 Å². The van der Waals surface area contributed by atoms with Crippen LogP contribution in [-0.2, 0) is 16.1 Å². The van der Waals surface area contributed by atoms with Crippen molar-refractivity contribution in [3.05, 3.63) is 69.2 Å². The molecule has 0 saturated heterocycles. The molecule has 0 bridgehead atoms. The monoisotopic (exact) mass is 503 g/mol. The molecule has 1 heterocycles. The summed E-state index contributed by atoms with van der Waals surface area (Å²) in [5.41, 5.74) is 1.49. The Labute approximate surface area is 209 Å². The second-order valence-corrected chi connectivity index (χ2v) is 8.96. The van der Waals surface area contributed by atoms with Gasteiger partial charge in [-0.25, -0.2) is 0 Å². The minimum atomic E-state index is -0.715. The summed E-state index contributed by atoms with van der Waals surface area (Å²) in [6.07, 6.45) is 1.13. The van der Waals surface area contributed by atoms with Crippen molar-refractivity contribution in [2.75, 3.05) is 13.1 Å². The molecule has 0 saturated carbocycles. The third kappa shape index (κ3) is 5.77. The third-order valence-corrected chi connectivity index (χ3v) is 6.44. The Hall–Kier alpha value is -2.90. The molecule has 4 amide bonds. The Balaban J connectivity index is 1.68. The molecule has 0 aliphatic carbocycles. The molecule has 1 aliphatic heterocycles. The van der Waals surface area contributed by atoms with Crippen molar-refractivity contribution < 1.29 is 19.2 Å². The molecule has 7 nitrogen and oxygen atoms in total. The van der Waals surface area contributed by atoms with E-state index < -0.39 is 6.04 Å². The van der Waals surface area contributed by atoms with Crippen LogP contribution in [0, 0.1) is 0 Å². The van der Waals surface area contributed by atoms with E-state index in [0.29, 0.717) is 27.7 Å². The Morgan fingerprint density at radius 1 is 1.03 bits per heavy atom. The Morgan fingerprint density at radius 3 is 2.26 bits per heavy atom. The molecule has 9 heteroatoms. The fourth-order valence-electron chi connectivity index (χ4n) is 3.79. The molecule has 0 aromatic heterocycles. The van der Waals surface area contributed by atoms with Gasteiger partial charge in [-0.2, -0.15) is 0 Å². The Kier molecular flexibility index (Phi) is 8.69. The summed E-state index contributed by atoms with van der Waals surface area (Å²) in [5, 5.41) is 3.58. The molecule has 0 fully saturated rings. The molecule has 180 valence electrons. The molecule has 34 heavy (non-hydrogen) atoms. The van der Waals surface area contributed by atoms with Crippen LogP contribution in [-0.4, -0.2) is 52.6 Å². The number of carbonyl (C=O) groups excluding carboxylic acids is 4. The van der Waals surface area contributed by atoms with Crippen LogP contribution >= 0.6 is 23.2 Å². The zero-order valence-corrected chi connectivity index (χ0v) is 20.7. The Bertz CT molecular complexity index is 1070. The number of benzene rings is 2. The van der Waals surface area contributed by atoms with E-state index in [4.69, 9.17) is 23.2 Å². The standard InChI is InChI=1S/C25H27Cl2N3O4/c1-3-12-28-23(32)16(2)30(15-17-10-11-20(26)21(27)14-17)22(31)9-6-13-29-24(33)18-7-4-5-8-19(18)25(29)34/h4-5,7-8,10-11,14,16H,3,6,9,12-13,15H2,1-2H3,(H,28,32)/t16-/m1/s1. The van der Waals surface area contributed by atoms with Gasteiger partial charge in [0.15, 0.2) is 0 Å². The highest BCUT2D eigenvalue weighted by molar-refractivity contribution is 6.42. The predicted octanol–water partition coefficient (Wildman–Crippen LogP) is 4.31. The molecular weight excluding hydrogens is 477 g/mol. The van der Waals surface area contributed by atoms with Gasteiger partial charge in [-0.1, -0.05) is 48.3 Å². The van der Waals surface area contributed by atoms with Crippen LogP contribution in [0.3, 0.4) is 0 Å². The van der Waals surface area contributed by atoms with E-state index in [-0.39, 0.29) is 49.6 Å². The topological polar surface area (TPSA) is 86.8 Å². The lowest BCUT2D eigenvalue weighted by Crippen LogP contribution is -2.47. The highest BCUT2D eigenvalue weighted by Gasteiger charge is 2.35. The van der Waals surface area contributed by atoms with Crippen LogP contribution in [0.4, 0.5) is 0 Å². The van der Waals surface area contributed by atoms with E-state index in [1.54, 1.807) is 49.4 Å². The van der Waals surface area contributed by atoms with Gasteiger partial charge in [0.1, 0.15) is 6.04 Å². The minimum Gasteiger partial charge on any atom is -0.354 e. The van der Waals surface area contributed by atoms with Crippen LogP contribution in [0.2, 0.25) is 10.0 Å². The maximum Gasteiger partial charge on any atom is 0.261 e. The van der Waals surface area contributed by atoms with Gasteiger partial charge in [0.05, 0.1) is 21.2 Å². The first-order valence-electron chi connectivity index (χ1n) is 11.2. The highest BCUT2D eigenvalue weighted by atomic mass is 35.5. The number of carbonyl (C=O) groups is 4. The van der Waals surface area contributed by atoms with E-state index in [2.05, 4.69) is 5.32 Å². The first-order valence-corrected chi connectivity index (χ1v) is 12.0. The second kappa shape index (κ2) is 11.5. The van der Waals surface area contributed by atoms with E-state index in [1.165, 1.54) is 9.80 Å². The van der Waals surface area contributed by atoms with Crippen LogP contribution in [0.1, 0.15) is 59.4 Å². The summed E-state index contributed by atoms with van der Waals surface area (Å²) in [5.74, 6) is -1.22. The molecule has 3 rings (SSSR count). The van der Waals surface area contributed by atoms with Crippen LogP contribution < -0.4 is 5.32 Å². The van der Waals surface area contributed by atoms with Crippen molar-refractivity contribution in [3.8, 4) is 0 Å². The van der Waals surface area contributed by atoms with Crippen LogP contribution in [0.25, 0.3) is 0 Å². The first-order chi connectivity index (χ1) is 16.2. The average molecular weight is 504 g/mol. The van der Waals surface area contributed by atoms with Crippen molar-refractivity contribution in [1.82, 2.24) is 15.1 Å². The van der Waals surface area contributed by atoms with Gasteiger partial charge >= 0.3 is 0 Å². The number of nitrogens with one attached hydrogen (secondary N) is 1. The third-order valence-electron chi connectivity index (χ3n) is 5.70. The fourth-order valence-corrected chi connectivity index (χ4v) is 4.11. The first kappa shape index (κ1) is 25.7. The second-order valence-electron chi connectivity index (χ2n) is 8.15. The maximum atomic E-state index is 13.2. The van der Waals surface area contributed by atoms with Crippen molar-refractivity contribution in [2.24, 2.45) is 0 Å². The molecule has 2 aromatic carbocycles. The van der Waals surface area contributed by atoms with Crippen molar-refractivity contribution >= 4 is 46.8 Å². The quantitative estimate of drug-likeness (QED) is 0.489. The number of halogens is 2. The van der Waals surface area contributed by atoms with E-state index >= 15 is 0 Å². The highest BCUT2D eigenvalue weighted by Crippen LogP contribution is 2.25. The normalized spacial score (nSPS) is 13.6. The van der Waals surface area contributed by atoms with E-state index in [1.807, 2.05) is 6.92 Å². The van der Waals surface area contributed by atoms with Gasteiger partial charge in [-0.15, -0.1) is 0 Å². The Morgan fingerprint density at radius 2 is 1.68 bits per heavy atom. The van der Waals surface area contributed by atoms with Crippen molar-refractivity contribution in [1.29, 1.82) is 0 Å². The lowest BCUT2D eigenvalue weighted by Gasteiger charge is -2.29. The zero-order chi connectivity index (χ0) is 24.8. The van der Waals surface area contributed by atoms with E-state index in [0.717, 1.165) is 12.0 Å². The van der Waals surface area contributed by atoms with E-state index in [9.17, 15) is 19.2 Å². The molecule has 0 unspecified atom stereocenters. The largest absolute Gasteiger partial charge is 0.354 e. The summed E-state index contributed by atoms with van der Waals surface area (Å²) >= 11 is 12.1. The number of fused-ring (bicyclic) bond motifs is 1. The molecule has 1 atom stereocenters. The van der Waals surface area contributed by atoms with Gasteiger partial charge < -0.3 is 10.2 Å². The maximum absolute atomic E-state index is 13.2. The number of amides is 4. The number of rotatable bonds is 10. The predicted molar refractivity (Wildman–Crippen MR) is 131 cm³/mol. The molecule has 2 aromatic rings. The molecule has 0 spiro atoms. The average Bonchev–Trinajstić information content (AvgIpc) is 3.07. The lowest BCUT2D eigenvalue weighted by atomic mass is 10.1. The molecule has 1 N–H and O–H groups in total. The smallest absolute Gasteiger partial charge is 0.261 e. The fraction of sp³-hybridized carbons (Fsp3) is 0.360. The summed E-state index contributed by atoms with van der Waals surface area (Å²) in [4.78, 5) is 53.5.